The second kappa shape index (κ2) is 6.21. The first-order valence-corrected chi connectivity index (χ1v) is 8.38. The minimum Gasteiger partial charge on any atom is -0.465 e. The molecule has 0 saturated heterocycles. The molecule has 1 unspecified atom stereocenters. The molecule has 20 heavy (non-hydrogen) atoms. The van der Waals surface area contributed by atoms with Crippen LogP contribution in [-0.4, -0.2) is 34.1 Å². The minimum atomic E-state index is -3.82. The lowest BCUT2D eigenvalue weighted by atomic mass is 9.88. The van der Waals surface area contributed by atoms with Crippen LogP contribution in [0.3, 0.4) is 0 Å². The predicted octanol–water partition coefficient (Wildman–Crippen LogP) is 1.19. The average Bonchev–Trinajstić information content (AvgIpc) is 2.83. The number of hydrogen-bond acceptors (Lipinski definition) is 6. The van der Waals surface area contributed by atoms with Crippen LogP contribution in [0.25, 0.3) is 0 Å². The molecule has 1 heterocycles. The normalized spacial score (nSPS) is 14.1. The molecule has 1 aromatic rings. The third kappa shape index (κ3) is 3.78. The number of ether oxygens (including phenoxy) is 1. The molecule has 0 radical (unpaired) electrons. The summed E-state index contributed by atoms with van der Waals surface area (Å²) in [5.74, 6) is -0.666. The maximum atomic E-state index is 12.4. The molecule has 6 nitrogen and oxygen atoms in total. The summed E-state index contributed by atoms with van der Waals surface area (Å²) >= 11 is 1.03. The molecule has 1 rings (SSSR count). The quantitative estimate of drug-likeness (QED) is 0.794. The third-order valence-corrected chi connectivity index (χ3v) is 5.41. The summed E-state index contributed by atoms with van der Waals surface area (Å²) in [5, 5.41) is 1.54. The van der Waals surface area contributed by atoms with Crippen LogP contribution in [0.15, 0.2) is 16.3 Å². The molecular weight excluding hydrogens is 300 g/mol. The van der Waals surface area contributed by atoms with Gasteiger partial charge >= 0.3 is 5.97 Å². The number of carbonyl (C=O) groups excluding carboxylic acids is 1. The van der Waals surface area contributed by atoms with Gasteiger partial charge in [-0.15, -0.1) is 11.3 Å². The van der Waals surface area contributed by atoms with Crippen LogP contribution in [0, 0.1) is 5.41 Å². The Hall–Kier alpha value is -0.960. The molecule has 1 atom stereocenters. The maximum Gasteiger partial charge on any atom is 0.349 e. The molecule has 0 spiro atoms. The lowest BCUT2D eigenvalue weighted by Gasteiger charge is -2.30. The summed E-state index contributed by atoms with van der Waals surface area (Å²) in [4.78, 5) is 11.6. The fraction of sp³-hybridized carbons (Fsp3) is 0.583. The topological polar surface area (TPSA) is 98.5 Å². The van der Waals surface area contributed by atoms with Crippen LogP contribution in [0.1, 0.15) is 30.4 Å². The van der Waals surface area contributed by atoms with Crippen LogP contribution >= 0.6 is 11.3 Å². The Labute approximate surface area is 123 Å². The molecule has 0 amide bonds. The Kier molecular flexibility index (Phi) is 5.31. The number of rotatable bonds is 5. The molecule has 8 heteroatoms. The smallest absolute Gasteiger partial charge is 0.349 e. The Morgan fingerprint density at radius 3 is 2.55 bits per heavy atom. The van der Waals surface area contributed by atoms with Gasteiger partial charge in [0, 0.05) is 12.6 Å². The molecule has 1 aromatic heterocycles. The standard InChI is InChI=1S/C12H20N2O4S2/c1-12(2,3)9(7-13)14-20(16,17)8-5-6-19-10(8)11(15)18-4/h5-6,9,14H,7,13H2,1-4H3. The molecule has 0 aromatic carbocycles. The summed E-state index contributed by atoms with van der Waals surface area (Å²) in [6, 6.07) is 0.952. The summed E-state index contributed by atoms with van der Waals surface area (Å²) in [5.41, 5.74) is 5.30. The highest BCUT2D eigenvalue weighted by Crippen LogP contribution is 2.25. The highest BCUT2D eigenvalue weighted by atomic mass is 32.2. The monoisotopic (exact) mass is 320 g/mol. The van der Waals surface area contributed by atoms with Crippen molar-refractivity contribution < 1.29 is 17.9 Å². The Bertz CT molecular complexity index is 573. The predicted molar refractivity (Wildman–Crippen MR) is 78.3 cm³/mol. The fourth-order valence-corrected chi connectivity index (χ4v) is 4.37. The summed E-state index contributed by atoms with van der Waals surface area (Å²) < 4.78 is 31.9. The van der Waals surface area contributed by atoms with Crippen molar-refractivity contribution in [3.05, 3.63) is 16.3 Å². The first-order valence-electron chi connectivity index (χ1n) is 6.01. The van der Waals surface area contributed by atoms with E-state index in [0.717, 1.165) is 11.3 Å². The SMILES string of the molecule is COC(=O)c1sccc1S(=O)(=O)NC(CN)C(C)(C)C. The lowest BCUT2D eigenvalue weighted by Crippen LogP contribution is -2.48. The zero-order chi connectivity index (χ0) is 15.6. The van der Waals surface area contributed by atoms with Gasteiger partial charge in [0.25, 0.3) is 0 Å². The molecule has 3 N–H and O–H groups in total. The van der Waals surface area contributed by atoms with Crippen molar-refractivity contribution in [3.63, 3.8) is 0 Å². The van der Waals surface area contributed by atoms with Crippen molar-refractivity contribution in [2.24, 2.45) is 11.1 Å². The lowest BCUT2D eigenvalue weighted by molar-refractivity contribution is 0.0602. The molecular formula is C12H20N2O4S2. The zero-order valence-electron chi connectivity index (χ0n) is 12.0. The van der Waals surface area contributed by atoms with Gasteiger partial charge in [-0.2, -0.15) is 0 Å². The van der Waals surface area contributed by atoms with E-state index in [2.05, 4.69) is 9.46 Å². The molecule has 0 aliphatic heterocycles. The Balaban J connectivity index is 3.12. The van der Waals surface area contributed by atoms with Crippen molar-refractivity contribution in [3.8, 4) is 0 Å². The van der Waals surface area contributed by atoms with E-state index in [4.69, 9.17) is 5.73 Å². The Morgan fingerprint density at radius 2 is 2.10 bits per heavy atom. The second-order valence-corrected chi connectivity index (χ2v) is 7.98. The molecule has 0 bridgehead atoms. The van der Waals surface area contributed by atoms with Crippen molar-refractivity contribution in [1.29, 1.82) is 0 Å². The van der Waals surface area contributed by atoms with Crippen LogP contribution < -0.4 is 10.5 Å². The summed E-state index contributed by atoms with van der Waals surface area (Å²) in [6.45, 7) is 5.84. The average molecular weight is 320 g/mol. The highest BCUT2D eigenvalue weighted by molar-refractivity contribution is 7.89. The summed E-state index contributed by atoms with van der Waals surface area (Å²) in [6.07, 6.45) is 0. The van der Waals surface area contributed by atoms with E-state index in [0.29, 0.717) is 0 Å². The maximum absolute atomic E-state index is 12.4. The number of methoxy groups -OCH3 is 1. The van der Waals surface area contributed by atoms with E-state index in [1.54, 1.807) is 0 Å². The van der Waals surface area contributed by atoms with E-state index in [-0.39, 0.29) is 21.7 Å². The van der Waals surface area contributed by atoms with Crippen molar-refractivity contribution in [2.45, 2.75) is 31.7 Å². The molecule has 0 saturated carbocycles. The number of hydrogen-bond donors (Lipinski definition) is 2. The van der Waals surface area contributed by atoms with E-state index in [1.807, 2.05) is 20.8 Å². The number of nitrogens with one attached hydrogen (secondary N) is 1. The van der Waals surface area contributed by atoms with E-state index < -0.39 is 22.0 Å². The number of sulfonamides is 1. The van der Waals surface area contributed by atoms with Crippen LogP contribution in [0.4, 0.5) is 0 Å². The van der Waals surface area contributed by atoms with E-state index in [9.17, 15) is 13.2 Å². The third-order valence-electron chi connectivity index (χ3n) is 2.87. The number of esters is 1. The number of thiophene rings is 1. The second-order valence-electron chi connectivity index (χ2n) is 5.38. The van der Waals surface area contributed by atoms with Gasteiger partial charge in [-0.25, -0.2) is 17.9 Å². The van der Waals surface area contributed by atoms with Crippen molar-refractivity contribution in [1.82, 2.24) is 4.72 Å². The molecule has 114 valence electrons. The number of nitrogens with two attached hydrogens (primary N) is 1. The minimum absolute atomic E-state index is 0.0599. The van der Waals surface area contributed by atoms with Gasteiger partial charge < -0.3 is 10.5 Å². The largest absolute Gasteiger partial charge is 0.465 e. The van der Waals surface area contributed by atoms with Crippen LogP contribution in [0.5, 0.6) is 0 Å². The molecule has 0 aliphatic carbocycles. The molecule has 0 fully saturated rings. The van der Waals surface area contributed by atoms with Crippen molar-refractivity contribution in [2.75, 3.05) is 13.7 Å². The van der Waals surface area contributed by atoms with Gasteiger partial charge in [0.05, 0.1) is 7.11 Å². The zero-order valence-corrected chi connectivity index (χ0v) is 13.6. The first-order chi connectivity index (χ1) is 9.13. The van der Waals surface area contributed by atoms with Crippen molar-refractivity contribution >= 4 is 27.3 Å². The van der Waals surface area contributed by atoms with Crippen LogP contribution in [0.2, 0.25) is 0 Å². The fourth-order valence-electron chi connectivity index (χ4n) is 1.58. The molecule has 0 aliphatic rings. The Morgan fingerprint density at radius 1 is 1.50 bits per heavy atom. The first kappa shape index (κ1) is 17.1. The van der Waals surface area contributed by atoms with Crippen LogP contribution in [-0.2, 0) is 14.8 Å². The van der Waals surface area contributed by atoms with E-state index >= 15 is 0 Å². The van der Waals surface area contributed by atoms with Gasteiger partial charge in [-0.05, 0) is 16.9 Å². The number of carbonyl (C=O) groups is 1. The van der Waals surface area contributed by atoms with Gasteiger partial charge in [-0.3, -0.25) is 0 Å². The van der Waals surface area contributed by atoms with Gasteiger partial charge in [-0.1, -0.05) is 20.8 Å². The highest BCUT2D eigenvalue weighted by Gasteiger charge is 2.31. The van der Waals surface area contributed by atoms with Gasteiger partial charge in [0.2, 0.25) is 10.0 Å². The van der Waals surface area contributed by atoms with E-state index in [1.165, 1.54) is 18.6 Å². The summed E-state index contributed by atoms with van der Waals surface area (Å²) in [7, 11) is -2.61. The van der Waals surface area contributed by atoms with Gasteiger partial charge in [0.15, 0.2) is 0 Å². The van der Waals surface area contributed by atoms with Gasteiger partial charge in [0.1, 0.15) is 9.77 Å².